The first-order chi connectivity index (χ1) is 7.72. The highest BCUT2D eigenvalue weighted by Crippen LogP contribution is 2.35. The van der Waals surface area contributed by atoms with Crippen LogP contribution in [0.1, 0.15) is 19.3 Å². The van der Waals surface area contributed by atoms with Crippen LogP contribution >= 0.6 is 31.9 Å². The van der Waals surface area contributed by atoms with Crippen molar-refractivity contribution in [2.75, 3.05) is 11.4 Å². The summed E-state index contributed by atoms with van der Waals surface area (Å²) in [5, 5.41) is 8.66. The minimum Gasteiger partial charge on any atom is -0.352 e. The van der Waals surface area contributed by atoms with Crippen LogP contribution < -0.4 is 4.90 Å². The summed E-state index contributed by atoms with van der Waals surface area (Å²) in [5.41, 5.74) is 0. The lowest BCUT2D eigenvalue weighted by molar-refractivity contribution is 0.775. The topological polar surface area (TPSA) is 39.9 Å². The molecule has 1 saturated carbocycles. The Bertz CT molecular complexity index is 424. The Morgan fingerprint density at radius 2 is 2.25 bits per heavy atom. The molecule has 0 N–H and O–H groups in total. The zero-order valence-electron chi connectivity index (χ0n) is 8.66. The molecule has 0 saturated heterocycles. The molecule has 5 heteroatoms. The summed E-state index contributed by atoms with van der Waals surface area (Å²) >= 11 is 6.91. The van der Waals surface area contributed by atoms with Crippen molar-refractivity contribution in [3.63, 3.8) is 0 Å². The standard InChI is InChI=1S/C11H11Br2N3/c12-8-6-10(13)11(15-7-8)16(5-1-4-14)9-2-3-9/h6-7,9H,1-3,5H2. The summed E-state index contributed by atoms with van der Waals surface area (Å²) in [7, 11) is 0. The first-order valence-electron chi connectivity index (χ1n) is 5.17. The van der Waals surface area contributed by atoms with Gasteiger partial charge in [-0.15, -0.1) is 0 Å². The lowest BCUT2D eigenvalue weighted by Crippen LogP contribution is -2.27. The van der Waals surface area contributed by atoms with Gasteiger partial charge in [-0.05, 0) is 50.8 Å². The molecule has 16 heavy (non-hydrogen) atoms. The van der Waals surface area contributed by atoms with Crippen LogP contribution in [0.2, 0.25) is 0 Å². The molecule has 1 aliphatic rings. The highest BCUT2D eigenvalue weighted by atomic mass is 79.9. The van der Waals surface area contributed by atoms with E-state index in [1.165, 1.54) is 12.8 Å². The molecule has 0 unspecified atom stereocenters. The predicted molar refractivity (Wildman–Crippen MR) is 70.2 cm³/mol. The maximum absolute atomic E-state index is 8.66. The Morgan fingerprint density at radius 1 is 1.50 bits per heavy atom. The monoisotopic (exact) mass is 343 g/mol. The molecule has 1 fully saturated rings. The summed E-state index contributed by atoms with van der Waals surface area (Å²) in [6.07, 6.45) is 4.74. The molecule has 1 aromatic heterocycles. The van der Waals surface area contributed by atoms with Crippen molar-refractivity contribution in [2.45, 2.75) is 25.3 Å². The van der Waals surface area contributed by atoms with Crippen molar-refractivity contribution < 1.29 is 0 Å². The second-order valence-electron chi connectivity index (χ2n) is 3.79. The minimum atomic E-state index is 0.542. The van der Waals surface area contributed by atoms with Crippen molar-refractivity contribution in [1.82, 2.24) is 4.98 Å². The van der Waals surface area contributed by atoms with Gasteiger partial charge in [-0.1, -0.05) is 0 Å². The molecule has 0 radical (unpaired) electrons. The number of hydrogen-bond donors (Lipinski definition) is 0. The molecular weight excluding hydrogens is 334 g/mol. The van der Waals surface area contributed by atoms with Gasteiger partial charge in [0.1, 0.15) is 5.82 Å². The summed E-state index contributed by atoms with van der Waals surface area (Å²) in [6.45, 7) is 0.758. The Morgan fingerprint density at radius 3 is 2.81 bits per heavy atom. The predicted octanol–water partition coefficient (Wildman–Crippen LogP) is 3.49. The normalized spacial score (nSPS) is 14.6. The van der Waals surface area contributed by atoms with E-state index in [1.807, 2.05) is 6.07 Å². The molecular formula is C11H11Br2N3. The van der Waals surface area contributed by atoms with Crippen molar-refractivity contribution >= 4 is 37.7 Å². The number of anilines is 1. The molecule has 0 aromatic carbocycles. The molecule has 0 bridgehead atoms. The summed E-state index contributed by atoms with van der Waals surface area (Å²) in [6, 6.07) is 4.75. The Kier molecular flexibility index (Phi) is 3.82. The molecule has 84 valence electrons. The van der Waals surface area contributed by atoms with Crippen LogP contribution in [0.5, 0.6) is 0 Å². The number of aromatic nitrogens is 1. The Balaban J connectivity index is 2.21. The molecule has 1 aromatic rings. The average Bonchev–Trinajstić information content (AvgIpc) is 3.05. The van der Waals surface area contributed by atoms with E-state index in [9.17, 15) is 0 Å². The third kappa shape index (κ3) is 2.74. The third-order valence-electron chi connectivity index (χ3n) is 2.51. The van der Waals surface area contributed by atoms with E-state index in [-0.39, 0.29) is 0 Å². The number of nitrogens with zero attached hydrogens (tertiary/aromatic N) is 3. The molecule has 0 atom stereocenters. The fraction of sp³-hybridized carbons (Fsp3) is 0.455. The van der Waals surface area contributed by atoms with Gasteiger partial charge in [-0.2, -0.15) is 5.26 Å². The molecule has 1 aliphatic carbocycles. The first kappa shape index (κ1) is 11.9. The van der Waals surface area contributed by atoms with Gasteiger partial charge in [0.05, 0.1) is 17.0 Å². The van der Waals surface area contributed by atoms with Crippen LogP contribution in [0.4, 0.5) is 5.82 Å². The summed E-state index contributed by atoms with van der Waals surface area (Å²) < 4.78 is 1.94. The zero-order chi connectivity index (χ0) is 11.5. The van der Waals surface area contributed by atoms with Gasteiger partial charge in [-0.25, -0.2) is 4.98 Å². The van der Waals surface area contributed by atoms with Crippen molar-refractivity contribution in [3.05, 3.63) is 21.2 Å². The quantitative estimate of drug-likeness (QED) is 0.839. The van der Waals surface area contributed by atoms with Gasteiger partial charge in [0.2, 0.25) is 0 Å². The molecule has 2 rings (SSSR count). The molecule has 1 heterocycles. The molecule has 0 spiro atoms. The van der Waals surface area contributed by atoms with Gasteiger partial charge >= 0.3 is 0 Å². The maximum Gasteiger partial charge on any atom is 0.143 e. The fourth-order valence-corrected chi connectivity index (χ4v) is 2.85. The van der Waals surface area contributed by atoms with E-state index in [1.54, 1.807) is 6.20 Å². The van der Waals surface area contributed by atoms with Gasteiger partial charge < -0.3 is 4.90 Å². The van der Waals surface area contributed by atoms with Crippen molar-refractivity contribution in [3.8, 4) is 6.07 Å². The SMILES string of the molecule is N#CCCN(c1ncc(Br)cc1Br)C1CC1. The Hall–Kier alpha value is -0.600. The lowest BCUT2D eigenvalue weighted by Gasteiger charge is -2.23. The number of nitriles is 1. The summed E-state index contributed by atoms with van der Waals surface area (Å²) in [4.78, 5) is 6.64. The Labute approximate surface area is 112 Å². The van der Waals surface area contributed by atoms with Crippen LogP contribution in [0.3, 0.4) is 0 Å². The lowest BCUT2D eigenvalue weighted by atomic mass is 10.3. The molecule has 0 amide bonds. The van der Waals surface area contributed by atoms with E-state index >= 15 is 0 Å². The van der Waals surface area contributed by atoms with Crippen LogP contribution in [0.25, 0.3) is 0 Å². The number of halogens is 2. The highest BCUT2D eigenvalue weighted by molar-refractivity contribution is 9.11. The van der Waals surface area contributed by atoms with Crippen LogP contribution in [-0.2, 0) is 0 Å². The van der Waals surface area contributed by atoms with E-state index in [0.717, 1.165) is 21.3 Å². The zero-order valence-corrected chi connectivity index (χ0v) is 11.8. The van der Waals surface area contributed by atoms with E-state index in [0.29, 0.717) is 12.5 Å². The summed E-state index contributed by atoms with van der Waals surface area (Å²) in [5.74, 6) is 0.945. The van der Waals surface area contributed by atoms with Crippen LogP contribution in [0, 0.1) is 11.3 Å². The van der Waals surface area contributed by atoms with Gasteiger partial charge in [-0.3, -0.25) is 0 Å². The van der Waals surface area contributed by atoms with Gasteiger partial charge in [0.15, 0.2) is 0 Å². The third-order valence-corrected chi connectivity index (χ3v) is 3.53. The largest absolute Gasteiger partial charge is 0.352 e. The minimum absolute atomic E-state index is 0.542. The van der Waals surface area contributed by atoms with Crippen LogP contribution in [-0.4, -0.2) is 17.6 Å². The van der Waals surface area contributed by atoms with Crippen LogP contribution in [0.15, 0.2) is 21.2 Å². The van der Waals surface area contributed by atoms with E-state index < -0.39 is 0 Å². The molecule has 0 aliphatic heterocycles. The second-order valence-corrected chi connectivity index (χ2v) is 5.56. The highest BCUT2D eigenvalue weighted by Gasteiger charge is 2.30. The first-order valence-corrected chi connectivity index (χ1v) is 6.75. The van der Waals surface area contributed by atoms with Crippen molar-refractivity contribution in [1.29, 1.82) is 5.26 Å². The van der Waals surface area contributed by atoms with E-state index in [2.05, 4.69) is 47.8 Å². The molecule has 3 nitrogen and oxygen atoms in total. The van der Waals surface area contributed by atoms with E-state index in [4.69, 9.17) is 5.26 Å². The number of pyridine rings is 1. The number of hydrogen-bond acceptors (Lipinski definition) is 3. The number of rotatable bonds is 4. The van der Waals surface area contributed by atoms with Gasteiger partial charge in [0, 0.05) is 23.3 Å². The fourth-order valence-electron chi connectivity index (χ4n) is 1.64. The smallest absolute Gasteiger partial charge is 0.143 e. The van der Waals surface area contributed by atoms with Crippen molar-refractivity contribution in [2.24, 2.45) is 0 Å². The van der Waals surface area contributed by atoms with Gasteiger partial charge in [0.25, 0.3) is 0 Å². The maximum atomic E-state index is 8.66. The average molecular weight is 345 g/mol. The second kappa shape index (κ2) is 5.15.